The molecule has 1 aromatic rings. The van der Waals surface area contributed by atoms with E-state index in [9.17, 15) is 0 Å². The molecule has 1 aliphatic rings. The fraction of sp³-hybridized carbons (Fsp3) is 0.111. The summed E-state index contributed by atoms with van der Waals surface area (Å²) in [7, 11) is 0. The largest absolute Gasteiger partial charge is 0.284 e. The predicted molar refractivity (Wildman–Crippen MR) is 46.1 cm³/mol. The lowest BCUT2D eigenvalue weighted by Crippen LogP contribution is -2.27. The van der Waals surface area contributed by atoms with Crippen molar-refractivity contribution in [2.75, 3.05) is 11.6 Å². The van der Waals surface area contributed by atoms with Gasteiger partial charge in [-0.05, 0) is 12.1 Å². The van der Waals surface area contributed by atoms with Crippen molar-refractivity contribution in [1.82, 2.24) is 5.43 Å². The summed E-state index contributed by atoms with van der Waals surface area (Å²) in [5.74, 6) is 0. The zero-order valence-electron chi connectivity index (χ0n) is 6.20. The molecule has 56 valence electrons. The Morgan fingerprint density at radius 3 is 2.64 bits per heavy atom. The van der Waals surface area contributed by atoms with Crippen molar-refractivity contribution in [2.45, 2.75) is 0 Å². The van der Waals surface area contributed by atoms with Crippen LogP contribution in [-0.2, 0) is 0 Å². The molecule has 1 aliphatic heterocycles. The van der Waals surface area contributed by atoms with E-state index in [2.05, 4.69) is 23.6 Å². The standard InChI is InChI=1S/C9H10N2/c1-2-5-9(6-3-1)11-8-4-7-10-11/h1-6,8,10H,7H2. The van der Waals surface area contributed by atoms with Gasteiger partial charge in [-0.3, -0.25) is 5.01 Å². The molecule has 2 heteroatoms. The molecule has 0 aromatic heterocycles. The van der Waals surface area contributed by atoms with Gasteiger partial charge in [-0.15, -0.1) is 0 Å². The molecule has 0 atom stereocenters. The molecule has 1 N–H and O–H groups in total. The lowest BCUT2D eigenvalue weighted by Gasteiger charge is -2.15. The van der Waals surface area contributed by atoms with Gasteiger partial charge >= 0.3 is 0 Å². The minimum atomic E-state index is 0.925. The molecule has 0 spiro atoms. The van der Waals surface area contributed by atoms with E-state index >= 15 is 0 Å². The van der Waals surface area contributed by atoms with Crippen LogP contribution in [-0.4, -0.2) is 6.54 Å². The quantitative estimate of drug-likeness (QED) is 0.646. The van der Waals surface area contributed by atoms with E-state index in [0.29, 0.717) is 0 Å². The Hall–Kier alpha value is -1.28. The lowest BCUT2D eigenvalue weighted by molar-refractivity contribution is 0.814. The lowest BCUT2D eigenvalue weighted by atomic mass is 10.3. The van der Waals surface area contributed by atoms with Crippen molar-refractivity contribution < 1.29 is 0 Å². The molecule has 0 amide bonds. The Labute approximate surface area is 66.1 Å². The number of nitrogens with zero attached hydrogens (tertiary/aromatic N) is 1. The van der Waals surface area contributed by atoms with Gasteiger partial charge in [0.1, 0.15) is 0 Å². The van der Waals surface area contributed by atoms with Crippen LogP contribution in [0.4, 0.5) is 5.69 Å². The van der Waals surface area contributed by atoms with E-state index in [0.717, 1.165) is 6.54 Å². The van der Waals surface area contributed by atoms with E-state index in [1.807, 2.05) is 29.4 Å². The Balaban J connectivity index is 2.23. The van der Waals surface area contributed by atoms with Gasteiger partial charge in [-0.25, -0.2) is 5.43 Å². The monoisotopic (exact) mass is 146 g/mol. The first kappa shape index (κ1) is 6.43. The summed E-state index contributed by atoms with van der Waals surface area (Å²) >= 11 is 0. The Morgan fingerprint density at radius 2 is 2.00 bits per heavy atom. The van der Waals surface area contributed by atoms with Crippen molar-refractivity contribution in [3.05, 3.63) is 42.6 Å². The van der Waals surface area contributed by atoms with Crippen LogP contribution < -0.4 is 10.4 Å². The van der Waals surface area contributed by atoms with Crippen molar-refractivity contribution in [1.29, 1.82) is 0 Å². The highest BCUT2D eigenvalue weighted by molar-refractivity contribution is 5.48. The zero-order valence-corrected chi connectivity index (χ0v) is 6.20. The fourth-order valence-electron chi connectivity index (χ4n) is 1.13. The van der Waals surface area contributed by atoms with E-state index in [1.165, 1.54) is 5.69 Å². The van der Waals surface area contributed by atoms with E-state index < -0.39 is 0 Å². The van der Waals surface area contributed by atoms with Gasteiger partial charge in [0.2, 0.25) is 0 Å². The molecule has 0 radical (unpaired) electrons. The minimum absolute atomic E-state index is 0.925. The van der Waals surface area contributed by atoms with Crippen molar-refractivity contribution >= 4 is 5.69 Å². The number of hydrazine groups is 1. The molecule has 1 heterocycles. The summed E-state index contributed by atoms with van der Waals surface area (Å²) in [4.78, 5) is 0. The second-order valence-corrected chi connectivity index (χ2v) is 2.45. The number of nitrogens with one attached hydrogen (secondary N) is 1. The van der Waals surface area contributed by atoms with Gasteiger partial charge < -0.3 is 0 Å². The topological polar surface area (TPSA) is 15.3 Å². The third kappa shape index (κ3) is 1.25. The molecule has 0 saturated carbocycles. The number of anilines is 1. The summed E-state index contributed by atoms with van der Waals surface area (Å²) < 4.78 is 0. The normalized spacial score (nSPS) is 15.8. The average Bonchev–Trinajstić information content (AvgIpc) is 2.58. The van der Waals surface area contributed by atoms with E-state index in [-0.39, 0.29) is 0 Å². The van der Waals surface area contributed by atoms with Gasteiger partial charge in [0.25, 0.3) is 0 Å². The zero-order chi connectivity index (χ0) is 7.52. The van der Waals surface area contributed by atoms with Gasteiger partial charge in [0.15, 0.2) is 0 Å². The molecule has 11 heavy (non-hydrogen) atoms. The Bertz CT molecular complexity index is 254. The Kier molecular flexibility index (Phi) is 1.61. The number of rotatable bonds is 1. The summed E-state index contributed by atoms with van der Waals surface area (Å²) in [6.45, 7) is 0.925. The first-order valence-electron chi connectivity index (χ1n) is 3.71. The molecule has 2 rings (SSSR count). The predicted octanol–water partition coefficient (Wildman–Crippen LogP) is 1.52. The average molecular weight is 146 g/mol. The maximum absolute atomic E-state index is 3.20. The number of hydrogen-bond donors (Lipinski definition) is 1. The van der Waals surface area contributed by atoms with Crippen LogP contribution in [0.3, 0.4) is 0 Å². The molecule has 0 saturated heterocycles. The third-order valence-corrected chi connectivity index (χ3v) is 1.67. The fourth-order valence-corrected chi connectivity index (χ4v) is 1.13. The number of benzene rings is 1. The maximum atomic E-state index is 3.20. The van der Waals surface area contributed by atoms with Gasteiger partial charge in [-0.2, -0.15) is 0 Å². The van der Waals surface area contributed by atoms with Crippen LogP contribution in [0.5, 0.6) is 0 Å². The second kappa shape index (κ2) is 2.76. The van der Waals surface area contributed by atoms with E-state index in [4.69, 9.17) is 0 Å². The third-order valence-electron chi connectivity index (χ3n) is 1.67. The smallest absolute Gasteiger partial charge is 0.0570 e. The van der Waals surface area contributed by atoms with Crippen molar-refractivity contribution in [2.24, 2.45) is 0 Å². The van der Waals surface area contributed by atoms with Crippen LogP contribution in [0, 0.1) is 0 Å². The first-order valence-corrected chi connectivity index (χ1v) is 3.71. The number of para-hydroxylation sites is 1. The molecule has 0 bridgehead atoms. The minimum Gasteiger partial charge on any atom is -0.284 e. The van der Waals surface area contributed by atoms with Crippen LogP contribution in [0.15, 0.2) is 42.6 Å². The molecule has 0 aliphatic carbocycles. The summed E-state index contributed by atoms with van der Waals surface area (Å²) in [6.07, 6.45) is 4.13. The molecule has 0 fully saturated rings. The highest BCUT2D eigenvalue weighted by Gasteiger charge is 2.03. The summed E-state index contributed by atoms with van der Waals surface area (Å²) in [5.41, 5.74) is 4.38. The second-order valence-electron chi connectivity index (χ2n) is 2.45. The maximum Gasteiger partial charge on any atom is 0.0570 e. The van der Waals surface area contributed by atoms with Gasteiger partial charge in [0.05, 0.1) is 5.69 Å². The highest BCUT2D eigenvalue weighted by Crippen LogP contribution is 2.12. The SMILES string of the molecule is C1=CN(c2ccccc2)NC1. The first-order chi connectivity index (χ1) is 5.47. The van der Waals surface area contributed by atoms with Gasteiger partial charge in [-0.1, -0.05) is 24.3 Å². The number of hydrogen-bond acceptors (Lipinski definition) is 2. The molecule has 0 unspecified atom stereocenters. The van der Waals surface area contributed by atoms with Crippen LogP contribution in [0.2, 0.25) is 0 Å². The highest BCUT2D eigenvalue weighted by atomic mass is 15.5. The van der Waals surface area contributed by atoms with E-state index in [1.54, 1.807) is 0 Å². The Morgan fingerprint density at radius 1 is 1.18 bits per heavy atom. The van der Waals surface area contributed by atoms with Gasteiger partial charge in [0, 0.05) is 12.7 Å². The molecule has 2 nitrogen and oxygen atoms in total. The van der Waals surface area contributed by atoms with Crippen molar-refractivity contribution in [3.63, 3.8) is 0 Å². The van der Waals surface area contributed by atoms with Crippen LogP contribution >= 0.6 is 0 Å². The molecule has 1 aromatic carbocycles. The summed E-state index contributed by atoms with van der Waals surface area (Å²) in [6, 6.07) is 10.2. The molecular formula is C9H10N2. The van der Waals surface area contributed by atoms with Crippen LogP contribution in [0.1, 0.15) is 0 Å². The van der Waals surface area contributed by atoms with Crippen molar-refractivity contribution in [3.8, 4) is 0 Å². The van der Waals surface area contributed by atoms with Crippen LogP contribution in [0.25, 0.3) is 0 Å². The molecular weight excluding hydrogens is 136 g/mol. The summed E-state index contributed by atoms with van der Waals surface area (Å²) in [5, 5.41) is 2.01.